The normalized spacial score (nSPS) is 14.6. The molecular weight excluding hydrogens is 569 g/mol. The lowest BCUT2D eigenvalue weighted by atomic mass is 10.0. The van der Waals surface area contributed by atoms with E-state index in [1.165, 1.54) is 19.9 Å². The molecule has 7 nitrogen and oxygen atoms in total. The molecule has 0 unspecified atom stereocenters. The Balaban J connectivity index is 1.60. The summed E-state index contributed by atoms with van der Waals surface area (Å²) in [6.45, 7) is 9.84. The molecule has 1 aromatic carbocycles. The Kier molecular flexibility index (Phi) is 8.42. The highest BCUT2D eigenvalue weighted by atomic mass is 19.4. The molecule has 0 spiro atoms. The first kappa shape index (κ1) is 30.4. The van der Waals surface area contributed by atoms with Gasteiger partial charge in [-0.2, -0.15) is 13.2 Å². The zero-order valence-corrected chi connectivity index (χ0v) is 24.3. The maximum atomic E-state index is 14.2. The number of anilines is 1. The van der Waals surface area contributed by atoms with Gasteiger partial charge < -0.3 is 14.6 Å². The number of halogens is 5. The average molecular weight is 602 g/mol. The van der Waals surface area contributed by atoms with Crippen LogP contribution in [0.4, 0.5) is 27.8 Å². The van der Waals surface area contributed by atoms with Crippen molar-refractivity contribution in [2.24, 2.45) is 0 Å². The molecule has 12 heteroatoms. The van der Waals surface area contributed by atoms with Crippen LogP contribution in [0.3, 0.4) is 0 Å². The number of H-pyrrole nitrogens is 1. The van der Waals surface area contributed by atoms with Crippen molar-refractivity contribution in [1.82, 2.24) is 19.9 Å². The standard InChI is InChI=1S/C31H32F5N5O2/c1-5-19(6-2)40-11-13-41(14-12-40)29-27-22(9-10-37-29)39-23(15-24(27)42)26-17(3)20(31(34,35)36)16-38-30(26)43-25-8-7-21(32)28(33)18(25)4/h7-10,15-16,19H,5-6,11-14H2,1-4H3,(H,39,42). The van der Waals surface area contributed by atoms with Gasteiger partial charge >= 0.3 is 6.18 Å². The van der Waals surface area contributed by atoms with Crippen molar-refractivity contribution in [2.45, 2.75) is 52.8 Å². The lowest BCUT2D eigenvalue weighted by molar-refractivity contribution is -0.138. The second kappa shape index (κ2) is 11.9. The van der Waals surface area contributed by atoms with E-state index in [1.807, 2.05) is 4.90 Å². The van der Waals surface area contributed by atoms with Gasteiger partial charge in [-0.25, -0.2) is 18.7 Å². The number of nitrogens with one attached hydrogen (secondary N) is 1. The van der Waals surface area contributed by atoms with Gasteiger partial charge in [0.2, 0.25) is 5.88 Å². The number of aromatic nitrogens is 3. The lowest BCUT2D eigenvalue weighted by Gasteiger charge is -2.39. The predicted molar refractivity (Wildman–Crippen MR) is 155 cm³/mol. The fourth-order valence-electron chi connectivity index (χ4n) is 5.77. The maximum absolute atomic E-state index is 14.2. The highest BCUT2D eigenvalue weighted by Gasteiger charge is 2.35. The molecule has 1 aliphatic rings. The van der Waals surface area contributed by atoms with Gasteiger partial charge in [0, 0.05) is 56.2 Å². The van der Waals surface area contributed by atoms with Gasteiger partial charge in [-0.05, 0) is 50.5 Å². The van der Waals surface area contributed by atoms with Gasteiger partial charge in [0.05, 0.1) is 27.7 Å². The number of nitrogens with zero attached hydrogens (tertiary/aromatic N) is 4. The summed E-state index contributed by atoms with van der Waals surface area (Å²) >= 11 is 0. The number of ether oxygens (including phenoxy) is 1. The second-order valence-electron chi connectivity index (χ2n) is 10.7. The Bertz CT molecular complexity index is 1710. The Morgan fingerprint density at radius 3 is 2.35 bits per heavy atom. The van der Waals surface area contributed by atoms with Crippen LogP contribution in [0.15, 0.2) is 41.5 Å². The summed E-state index contributed by atoms with van der Waals surface area (Å²) in [5, 5.41) is 0.318. The van der Waals surface area contributed by atoms with E-state index >= 15 is 0 Å². The summed E-state index contributed by atoms with van der Waals surface area (Å²) in [5.74, 6) is -2.18. The largest absolute Gasteiger partial charge is 0.438 e. The second-order valence-corrected chi connectivity index (χ2v) is 10.7. The van der Waals surface area contributed by atoms with Crippen molar-refractivity contribution in [3.05, 3.63) is 75.2 Å². The fraction of sp³-hybridized carbons (Fsp3) is 0.387. The Morgan fingerprint density at radius 1 is 1.00 bits per heavy atom. The van der Waals surface area contributed by atoms with Gasteiger partial charge in [-0.3, -0.25) is 9.69 Å². The molecule has 0 atom stereocenters. The van der Waals surface area contributed by atoms with Crippen molar-refractivity contribution >= 4 is 16.7 Å². The summed E-state index contributed by atoms with van der Waals surface area (Å²) in [6.07, 6.45) is -0.476. The van der Waals surface area contributed by atoms with Gasteiger partial charge in [-0.1, -0.05) is 13.8 Å². The van der Waals surface area contributed by atoms with Crippen LogP contribution in [0.5, 0.6) is 11.6 Å². The summed E-state index contributed by atoms with van der Waals surface area (Å²) in [6, 6.07) is 5.29. The van der Waals surface area contributed by atoms with Crippen LogP contribution >= 0.6 is 0 Å². The minimum atomic E-state index is -4.74. The third-order valence-electron chi connectivity index (χ3n) is 8.17. The molecule has 0 radical (unpaired) electrons. The summed E-state index contributed by atoms with van der Waals surface area (Å²) < 4.78 is 75.5. The van der Waals surface area contributed by atoms with Crippen molar-refractivity contribution in [2.75, 3.05) is 31.1 Å². The molecule has 1 saturated heterocycles. The number of aromatic amines is 1. The number of fused-ring (bicyclic) bond motifs is 1. The minimum Gasteiger partial charge on any atom is -0.438 e. The first-order chi connectivity index (χ1) is 20.4. The zero-order valence-electron chi connectivity index (χ0n) is 24.3. The van der Waals surface area contributed by atoms with Crippen LogP contribution in [-0.4, -0.2) is 52.1 Å². The molecule has 1 N–H and O–H groups in total. The van der Waals surface area contributed by atoms with Crippen molar-refractivity contribution in [1.29, 1.82) is 0 Å². The maximum Gasteiger partial charge on any atom is 0.418 e. The van der Waals surface area contributed by atoms with E-state index < -0.39 is 28.8 Å². The molecule has 3 aromatic heterocycles. The van der Waals surface area contributed by atoms with Crippen LogP contribution in [0.2, 0.25) is 0 Å². The first-order valence-corrected chi connectivity index (χ1v) is 14.1. The number of alkyl halides is 3. The van der Waals surface area contributed by atoms with E-state index in [1.54, 1.807) is 12.3 Å². The number of hydrogen-bond acceptors (Lipinski definition) is 6. The average Bonchev–Trinajstić information content (AvgIpc) is 2.97. The van der Waals surface area contributed by atoms with Crippen LogP contribution in [0, 0.1) is 25.5 Å². The van der Waals surface area contributed by atoms with Crippen molar-refractivity contribution in [3.8, 4) is 22.9 Å². The SMILES string of the molecule is CCC(CC)N1CCN(c2nccc3[nH]c(-c4c(Oc5ccc(F)c(F)c5C)ncc(C(F)(F)F)c4C)cc(=O)c23)CC1. The van der Waals surface area contributed by atoms with E-state index in [0.717, 1.165) is 38.1 Å². The van der Waals surface area contributed by atoms with E-state index in [0.29, 0.717) is 42.0 Å². The van der Waals surface area contributed by atoms with E-state index in [2.05, 4.69) is 33.7 Å². The molecule has 43 heavy (non-hydrogen) atoms. The molecule has 0 aliphatic carbocycles. The molecule has 0 bridgehead atoms. The Morgan fingerprint density at radius 2 is 1.70 bits per heavy atom. The molecule has 0 saturated carbocycles. The molecule has 1 fully saturated rings. The van der Waals surface area contributed by atoms with Crippen LogP contribution in [-0.2, 0) is 6.18 Å². The minimum absolute atomic E-state index is 0.0274. The highest BCUT2D eigenvalue weighted by molar-refractivity contribution is 5.91. The number of pyridine rings is 3. The molecule has 1 aliphatic heterocycles. The molecular formula is C31H32F5N5O2. The molecule has 4 heterocycles. The number of benzene rings is 1. The zero-order chi connectivity index (χ0) is 31.1. The van der Waals surface area contributed by atoms with Crippen LogP contribution < -0.4 is 15.1 Å². The van der Waals surface area contributed by atoms with Gasteiger partial charge in [-0.15, -0.1) is 0 Å². The summed E-state index contributed by atoms with van der Waals surface area (Å²) in [5.41, 5.74) is -1.63. The van der Waals surface area contributed by atoms with Crippen LogP contribution in [0.25, 0.3) is 22.2 Å². The Hall–Kier alpha value is -4.06. The van der Waals surface area contributed by atoms with E-state index in [-0.39, 0.29) is 34.0 Å². The number of piperazine rings is 1. The summed E-state index contributed by atoms with van der Waals surface area (Å²) in [4.78, 5) is 29.6. The smallest absolute Gasteiger partial charge is 0.418 e. The molecule has 0 amide bonds. The molecule has 228 valence electrons. The third-order valence-corrected chi connectivity index (χ3v) is 8.17. The molecule has 4 aromatic rings. The Labute approximate surface area is 245 Å². The van der Waals surface area contributed by atoms with Crippen LogP contribution in [0.1, 0.15) is 43.4 Å². The molecule has 5 rings (SSSR count). The predicted octanol–water partition coefficient (Wildman–Crippen LogP) is 7.00. The van der Waals surface area contributed by atoms with Crippen molar-refractivity contribution < 1.29 is 26.7 Å². The van der Waals surface area contributed by atoms with Gasteiger partial charge in [0.1, 0.15) is 11.6 Å². The quantitative estimate of drug-likeness (QED) is 0.230. The number of hydrogen-bond donors (Lipinski definition) is 1. The monoisotopic (exact) mass is 601 g/mol. The van der Waals surface area contributed by atoms with E-state index in [4.69, 9.17) is 4.74 Å². The topological polar surface area (TPSA) is 74.3 Å². The fourth-order valence-corrected chi connectivity index (χ4v) is 5.77. The highest BCUT2D eigenvalue weighted by Crippen LogP contribution is 2.41. The third kappa shape index (κ3) is 5.80. The first-order valence-electron chi connectivity index (χ1n) is 14.1. The van der Waals surface area contributed by atoms with Crippen molar-refractivity contribution in [3.63, 3.8) is 0 Å². The van der Waals surface area contributed by atoms with Gasteiger partial charge in [0.25, 0.3) is 0 Å². The van der Waals surface area contributed by atoms with E-state index in [9.17, 15) is 26.7 Å². The number of rotatable bonds is 7. The van der Waals surface area contributed by atoms with Gasteiger partial charge in [0.15, 0.2) is 17.1 Å². The lowest BCUT2D eigenvalue weighted by Crippen LogP contribution is -2.50. The summed E-state index contributed by atoms with van der Waals surface area (Å²) in [7, 11) is 0.